The first-order valence-corrected chi connectivity index (χ1v) is 11.8. The maximum Gasteiger partial charge on any atom is 0.306 e. The van der Waals surface area contributed by atoms with Crippen molar-refractivity contribution in [2.24, 2.45) is 28.1 Å². The zero-order valence-corrected chi connectivity index (χ0v) is 19.4. The minimum Gasteiger partial charge on any atom is -0.466 e. The zero-order chi connectivity index (χ0) is 22.0. The van der Waals surface area contributed by atoms with E-state index >= 15 is 0 Å². The molecule has 0 N–H and O–H groups in total. The van der Waals surface area contributed by atoms with Crippen LogP contribution in [0.3, 0.4) is 0 Å². The summed E-state index contributed by atoms with van der Waals surface area (Å²) in [5, 5.41) is 0. The molecule has 0 radical (unpaired) electrons. The average molecular weight is 417 g/mol. The standard InChI is InChI=1S/C26H40O4/c1-6-24(3)15-8-10-20-19(24)11-12-21-25(4,16-9-17-26(20,21)5)18-30-23(28)14-13-22(27)29-7-2/h6,10,19,21H,1,7-9,11-18H2,2-5H3/t19?,21?,24-,25-,26-/m0/s1. The second-order valence-corrected chi connectivity index (χ2v) is 10.5. The zero-order valence-electron chi connectivity index (χ0n) is 19.4. The van der Waals surface area contributed by atoms with Crippen molar-refractivity contribution in [2.45, 2.75) is 85.5 Å². The Morgan fingerprint density at radius 3 is 2.47 bits per heavy atom. The van der Waals surface area contributed by atoms with Gasteiger partial charge in [-0.2, -0.15) is 0 Å². The fourth-order valence-corrected chi connectivity index (χ4v) is 6.82. The fraction of sp³-hybridized carbons (Fsp3) is 0.769. The number of ether oxygens (including phenoxy) is 2. The van der Waals surface area contributed by atoms with Gasteiger partial charge in [-0.15, -0.1) is 6.58 Å². The number of hydrogen-bond donors (Lipinski definition) is 0. The van der Waals surface area contributed by atoms with Crippen molar-refractivity contribution >= 4 is 11.9 Å². The maximum atomic E-state index is 12.3. The molecule has 30 heavy (non-hydrogen) atoms. The molecule has 2 fully saturated rings. The van der Waals surface area contributed by atoms with Crippen molar-refractivity contribution in [1.29, 1.82) is 0 Å². The highest BCUT2D eigenvalue weighted by Gasteiger charge is 2.56. The molecule has 0 aromatic rings. The molecule has 0 aromatic heterocycles. The van der Waals surface area contributed by atoms with Gasteiger partial charge in [0, 0.05) is 5.41 Å². The molecule has 0 spiro atoms. The highest BCUT2D eigenvalue weighted by atomic mass is 16.5. The van der Waals surface area contributed by atoms with Gasteiger partial charge in [0.1, 0.15) is 0 Å². The van der Waals surface area contributed by atoms with Gasteiger partial charge in [-0.05, 0) is 68.1 Å². The molecule has 0 bridgehead atoms. The minimum atomic E-state index is -0.335. The van der Waals surface area contributed by atoms with Crippen LogP contribution in [0.1, 0.15) is 85.5 Å². The molecule has 0 aliphatic heterocycles. The summed E-state index contributed by atoms with van der Waals surface area (Å²) in [6.45, 7) is 13.9. The number of fused-ring (bicyclic) bond motifs is 3. The molecule has 3 rings (SSSR count). The lowest BCUT2D eigenvalue weighted by molar-refractivity contribution is -0.156. The van der Waals surface area contributed by atoms with Crippen LogP contribution in [0.4, 0.5) is 0 Å². The Morgan fingerprint density at radius 1 is 1.10 bits per heavy atom. The minimum absolute atomic E-state index is 0.0135. The normalized spacial score (nSPS) is 37.9. The van der Waals surface area contributed by atoms with Gasteiger partial charge >= 0.3 is 11.9 Å². The first-order chi connectivity index (χ1) is 14.2. The first-order valence-electron chi connectivity index (χ1n) is 11.8. The van der Waals surface area contributed by atoms with E-state index < -0.39 is 0 Å². The molecule has 5 atom stereocenters. The second-order valence-electron chi connectivity index (χ2n) is 10.5. The van der Waals surface area contributed by atoms with Gasteiger partial charge in [-0.25, -0.2) is 0 Å². The molecule has 3 aliphatic carbocycles. The van der Waals surface area contributed by atoms with Crippen LogP contribution in [-0.2, 0) is 19.1 Å². The third-order valence-corrected chi connectivity index (χ3v) is 8.54. The summed E-state index contributed by atoms with van der Waals surface area (Å²) >= 11 is 0. The molecule has 0 amide bonds. The Hall–Kier alpha value is -1.58. The molecular weight excluding hydrogens is 376 g/mol. The summed E-state index contributed by atoms with van der Waals surface area (Å²) in [5.41, 5.74) is 2.01. The van der Waals surface area contributed by atoms with E-state index in [1.54, 1.807) is 12.5 Å². The monoisotopic (exact) mass is 416 g/mol. The van der Waals surface area contributed by atoms with E-state index in [9.17, 15) is 9.59 Å². The fourth-order valence-electron chi connectivity index (χ4n) is 6.82. The van der Waals surface area contributed by atoms with Gasteiger partial charge in [0.2, 0.25) is 0 Å². The van der Waals surface area contributed by atoms with E-state index in [2.05, 4.69) is 39.5 Å². The van der Waals surface area contributed by atoms with E-state index in [1.165, 1.54) is 32.1 Å². The van der Waals surface area contributed by atoms with E-state index in [1.807, 2.05) is 0 Å². The number of carbonyl (C=O) groups excluding carboxylic acids is 2. The summed E-state index contributed by atoms with van der Waals surface area (Å²) in [5.74, 6) is 0.492. The third kappa shape index (κ3) is 4.24. The van der Waals surface area contributed by atoms with Crippen LogP contribution < -0.4 is 0 Å². The molecule has 0 saturated heterocycles. The van der Waals surface area contributed by atoms with E-state index in [0.29, 0.717) is 25.0 Å². The van der Waals surface area contributed by atoms with Crippen molar-refractivity contribution in [3.05, 3.63) is 24.3 Å². The topological polar surface area (TPSA) is 52.6 Å². The smallest absolute Gasteiger partial charge is 0.306 e. The second kappa shape index (κ2) is 8.88. The summed E-state index contributed by atoms with van der Waals surface area (Å²) in [6, 6.07) is 0. The van der Waals surface area contributed by atoms with Gasteiger partial charge in [-0.3, -0.25) is 9.59 Å². The van der Waals surface area contributed by atoms with Crippen LogP contribution in [0.2, 0.25) is 0 Å². The van der Waals surface area contributed by atoms with Crippen molar-refractivity contribution in [2.75, 3.05) is 13.2 Å². The van der Waals surface area contributed by atoms with Crippen molar-refractivity contribution < 1.29 is 19.1 Å². The molecule has 168 valence electrons. The van der Waals surface area contributed by atoms with Crippen LogP contribution in [0, 0.1) is 28.1 Å². The number of allylic oxidation sites excluding steroid dienone is 3. The summed E-state index contributed by atoms with van der Waals surface area (Å²) in [6.07, 6.45) is 13.1. The Kier molecular flexibility index (Phi) is 6.84. The SMILES string of the molecule is C=C[C@@]1(C)CCC=C2C1CCC1[C@](C)(COC(=O)CCC(=O)OCC)CCC[C@@]21C. The van der Waals surface area contributed by atoms with Gasteiger partial charge in [0.05, 0.1) is 26.1 Å². The van der Waals surface area contributed by atoms with Gasteiger partial charge in [0.15, 0.2) is 0 Å². The van der Waals surface area contributed by atoms with Crippen molar-refractivity contribution in [3.8, 4) is 0 Å². The lowest BCUT2D eigenvalue weighted by atomic mass is 9.44. The lowest BCUT2D eigenvalue weighted by Gasteiger charge is -2.60. The molecule has 2 saturated carbocycles. The average Bonchev–Trinajstić information content (AvgIpc) is 2.71. The lowest BCUT2D eigenvalue weighted by Crippen LogP contribution is -2.53. The molecule has 4 heteroatoms. The van der Waals surface area contributed by atoms with Crippen LogP contribution in [0.25, 0.3) is 0 Å². The summed E-state index contributed by atoms with van der Waals surface area (Å²) < 4.78 is 10.6. The third-order valence-electron chi connectivity index (χ3n) is 8.54. The van der Waals surface area contributed by atoms with Crippen LogP contribution >= 0.6 is 0 Å². The Bertz CT molecular complexity index is 710. The molecular formula is C26H40O4. The summed E-state index contributed by atoms with van der Waals surface area (Å²) in [7, 11) is 0. The summed E-state index contributed by atoms with van der Waals surface area (Å²) in [4.78, 5) is 23.8. The predicted molar refractivity (Wildman–Crippen MR) is 119 cm³/mol. The van der Waals surface area contributed by atoms with Gasteiger partial charge in [-0.1, -0.05) is 44.9 Å². The van der Waals surface area contributed by atoms with E-state index in [-0.39, 0.29) is 41.0 Å². The highest BCUT2D eigenvalue weighted by molar-refractivity contribution is 5.77. The molecule has 3 aliphatic rings. The van der Waals surface area contributed by atoms with Crippen LogP contribution in [0.5, 0.6) is 0 Å². The number of hydrogen-bond acceptors (Lipinski definition) is 4. The molecule has 0 heterocycles. The van der Waals surface area contributed by atoms with Gasteiger partial charge in [0.25, 0.3) is 0 Å². The number of esters is 2. The molecule has 0 aromatic carbocycles. The molecule has 2 unspecified atom stereocenters. The Balaban J connectivity index is 1.69. The first kappa shape index (κ1) is 23.1. The Morgan fingerprint density at radius 2 is 1.80 bits per heavy atom. The number of rotatable bonds is 7. The van der Waals surface area contributed by atoms with Crippen molar-refractivity contribution in [1.82, 2.24) is 0 Å². The Labute approximate surface area is 182 Å². The van der Waals surface area contributed by atoms with Crippen molar-refractivity contribution in [3.63, 3.8) is 0 Å². The number of carbonyl (C=O) groups is 2. The van der Waals surface area contributed by atoms with E-state index in [4.69, 9.17) is 9.47 Å². The van der Waals surface area contributed by atoms with Crippen LogP contribution in [0.15, 0.2) is 24.3 Å². The van der Waals surface area contributed by atoms with Gasteiger partial charge < -0.3 is 9.47 Å². The predicted octanol–water partition coefficient (Wildman–Crippen LogP) is 6.01. The molecule has 4 nitrogen and oxygen atoms in total. The quantitative estimate of drug-likeness (QED) is 0.377. The van der Waals surface area contributed by atoms with Crippen LogP contribution in [-0.4, -0.2) is 25.2 Å². The maximum absolute atomic E-state index is 12.3. The highest BCUT2D eigenvalue weighted by Crippen LogP contribution is 2.65. The van der Waals surface area contributed by atoms with E-state index in [0.717, 1.165) is 12.8 Å². The largest absolute Gasteiger partial charge is 0.466 e.